The molecule has 0 radical (unpaired) electrons. The fourth-order valence-corrected chi connectivity index (χ4v) is 4.72. The molecule has 2 fully saturated rings. The van der Waals surface area contributed by atoms with Crippen LogP contribution in [-0.4, -0.2) is 77.2 Å². The molecule has 2 saturated heterocycles. The predicted octanol–water partition coefficient (Wildman–Crippen LogP) is 1.98. The highest BCUT2D eigenvalue weighted by molar-refractivity contribution is 5.78. The summed E-state index contributed by atoms with van der Waals surface area (Å²) < 4.78 is 13.7. The maximum atomic E-state index is 11.7. The average molecular weight is 479 g/mol. The second-order valence-electron chi connectivity index (χ2n) is 9.06. The summed E-state index contributed by atoms with van der Waals surface area (Å²) in [5, 5.41) is 7.26. The van der Waals surface area contributed by atoms with Crippen LogP contribution in [0.1, 0.15) is 20.3 Å². The zero-order valence-corrected chi connectivity index (χ0v) is 20.2. The molecule has 1 unspecified atom stereocenters. The molecule has 3 aromatic rings. The number of ether oxygens (including phenoxy) is 2. The number of carbonyl (C=O) groups is 2. The molecule has 0 saturated carbocycles. The number of piperazine rings is 1. The van der Waals surface area contributed by atoms with E-state index in [1.165, 1.54) is 0 Å². The van der Waals surface area contributed by atoms with E-state index in [4.69, 9.17) is 14.5 Å². The first kappa shape index (κ1) is 22.9. The molecule has 1 N–H and O–H groups in total. The van der Waals surface area contributed by atoms with E-state index in [-0.39, 0.29) is 23.8 Å². The number of hydrogen-bond donors (Lipinski definition) is 1. The molecule has 5 rings (SSSR count). The number of anilines is 1. The highest BCUT2D eigenvalue weighted by Gasteiger charge is 2.29. The number of aromatic nitrogens is 3. The molecule has 35 heavy (non-hydrogen) atoms. The summed E-state index contributed by atoms with van der Waals surface area (Å²) in [6, 6.07) is 7.88. The first-order chi connectivity index (χ1) is 16.9. The van der Waals surface area contributed by atoms with Crippen LogP contribution >= 0.6 is 0 Å². The van der Waals surface area contributed by atoms with Crippen LogP contribution in [0.2, 0.25) is 0 Å². The zero-order chi connectivity index (χ0) is 24.5. The van der Waals surface area contributed by atoms with Crippen LogP contribution < -0.4 is 19.7 Å². The average Bonchev–Trinajstić information content (AvgIpc) is 3.53. The third-order valence-corrected chi connectivity index (χ3v) is 6.87. The first-order valence-corrected chi connectivity index (χ1v) is 11.9. The van der Waals surface area contributed by atoms with E-state index < -0.39 is 0 Å². The van der Waals surface area contributed by atoms with Gasteiger partial charge in [-0.25, -0.2) is 9.50 Å². The van der Waals surface area contributed by atoms with Gasteiger partial charge >= 0.3 is 0 Å². The van der Waals surface area contributed by atoms with E-state index in [2.05, 4.69) is 15.3 Å². The quantitative estimate of drug-likeness (QED) is 0.578. The Bertz CT molecular complexity index is 1250. The molecular formula is C25H30N6O4. The lowest BCUT2D eigenvalue weighted by Gasteiger charge is -2.36. The molecule has 2 aromatic heterocycles. The van der Waals surface area contributed by atoms with Crippen LogP contribution in [0.3, 0.4) is 0 Å². The topological polar surface area (TPSA) is 101 Å². The van der Waals surface area contributed by atoms with Crippen LogP contribution in [0.5, 0.6) is 11.6 Å². The van der Waals surface area contributed by atoms with Crippen molar-refractivity contribution in [2.75, 3.05) is 44.7 Å². The number of benzene rings is 1. The monoisotopic (exact) mass is 478 g/mol. The lowest BCUT2D eigenvalue weighted by atomic mass is 10.0. The Morgan fingerprint density at radius 1 is 1.20 bits per heavy atom. The van der Waals surface area contributed by atoms with Crippen molar-refractivity contribution in [3.05, 3.63) is 36.7 Å². The fourth-order valence-electron chi connectivity index (χ4n) is 4.72. The van der Waals surface area contributed by atoms with Crippen molar-refractivity contribution in [2.24, 2.45) is 5.92 Å². The molecule has 10 nitrogen and oxygen atoms in total. The smallest absolute Gasteiger partial charge is 0.240 e. The lowest BCUT2D eigenvalue weighted by Crippen LogP contribution is -2.48. The van der Waals surface area contributed by atoms with E-state index in [0.717, 1.165) is 35.6 Å². The van der Waals surface area contributed by atoms with Gasteiger partial charge in [0.15, 0.2) is 0 Å². The van der Waals surface area contributed by atoms with Crippen molar-refractivity contribution in [2.45, 2.75) is 26.4 Å². The highest BCUT2D eigenvalue weighted by Crippen LogP contribution is 2.34. The molecule has 184 valence electrons. The zero-order valence-electron chi connectivity index (χ0n) is 20.2. The molecule has 4 heterocycles. The maximum absolute atomic E-state index is 11.7. The van der Waals surface area contributed by atoms with Crippen molar-refractivity contribution < 1.29 is 19.1 Å². The molecule has 10 heteroatoms. The molecule has 0 spiro atoms. The summed E-state index contributed by atoms with van der Waals surface area (Å²) in [6.07, 6.45) is 3.85. The number of hydrogen-bond acceptors (Lipinski definition) is 7. The summed E-state index contributed by atoms with van der Waals surface area (Å²) in [4.78, 5) is 32.2. The van der Waals surface area contributed by atoms with Gasteiger partial charge in [-0.3, -0.25) is 9.59 Å². The van der Waals surface area contributed by atoms with E-state index in [9.17, 15) is 9.59 Å². The Morgan fingerprint density at radius 2 is 2.00 bits per heavy atom. The number of amides is 2. The van der Waals surface area contributed by atoms with Gasteiger partial charge in [-0.15, -0.1) is 0 Å². The second kappa shape index (κ2) is 9.44. The fraction of sp³-hybridized carbons (Fsp3) is 0.440. The minimum absolute atomic E-state index is 0.0524. The number of methoxy groups -OCH3 is 1. The minimum Gasteiger partial charge on any atom is -0.495 e. The number of carbonyl (C=O) groups excluding carboxylic acids is 2. The van der Waals surface area contributed by atoms with Crippen molar-refractivity contribution in [1.82, 2.24) is 24.8 Å². The Morgan fingerprint density at radius 3 is 2.69 bits per heavy atom. The van der Waals surface area contributed by atoms with Gasteiger partial charge in [-0.05, 0) is 25.1 Å². The van der Waals surface area contributed by atoms with Gasteiger partial charge in [-0.2, -0.15) is 5.10 Å². The van der Waals surface area contributed by atoms with Crippen LogP contribution in [0.4, 0.5) is 5.69 Å². The SMILES string of the molecule is COc1cc(-c2cn3nccc3c(OC(C)[C@H]3CNC(=O)C3)n2)ccc1N1CCN(C(C)=O)CC1. The molecule has 0 bridgehead atoms. The van der Waals surface area contributed by atoms with Gasteiger partial charge in [0, 0.05) is 57.5 Å². The van der Waals surface area contributed by atoms with Crippen molar-refractivity contribution in [1.29, 1.82) is 0 Å². The molecule has 1 aromatic carbocycles. The Balaban J connectivity index is 1.42. The van der Waals surface area contributed by atoms with Gasteiger partial charge in [0.25, 0.3) is 0 Å². The number of nitrogens with one attached hydrogen (secondary N) is 1. The molecule has 2 amide bonds. The third kappa shape index (κ3) is 4.60. The maximum Gasteiger partial charge on any atom is 0.240 e. The van der Waals surface area contributed by atoms with Crippen molar-refractivity contribution in [3.63, 3.8) is 0 Å². The summed E-state index contributed by atoms with van der Waals surface area (Å²) in [7, 11) is 1.66. The van der Waals surface area contributed by atoms with Crippen molar-refractivity contribution in [3.8, 4) is 22.9 Å². The summed E-state index contributed by atoms with van der Waals surface area (Å²) in [5.74, 6) is 1.48. The Labute approximate surface area is 203 Å². The van der Waals surface area contributed by atoms with Crippen LogP contribution in [0.15, 0.2) is 36.7 Å². The second-order valence-corrected chi connectivity index (χ2v) is 9.06. The standard InChI is InChI=1S/C25H30N6O4/c1-16(19-13-24(33)26-14-19)35-25-22-6-7-27-31(22)15-20(28-25)18-4-5-21(23(12-18)34-3)30-10-8-29(9-11-30)17(2)32/h4-7,12,15-16,19H,8-11,13-14H2,1-3H3,(H,26,33)/t16?,19-/m1/s1. The van der Waals surface area contributed by atoms with Gasteiger partial charge in [0.05, 0.1) is 30.9 Å². The van der Waals surface area contributed by atoms with E-state index in [1.54, 1.807) is 24.7 Å². The number of nitrogens with zero attached hydrogens (tertiary/aromatic N) is 5. The van der Waals surface area contributed by atoms with E-state index in [0.29, 0.717) is 37.6 Å². The summed E-state index contributed by atoms with van der Waals surface area (Å²) in [5.41, 5.74) is 3.34. The number of rotatable bonds is 6. The van der Waals surface area contributed by atoms with Crippen molar-refractivity contribution >= 4 is 23.0 Å². The first-order valence-electron chi connectivity index (χ1n) is 11.9. The predicted molar refractivity (Wildman–Crippen MR) is 131 cm³/mol. The van der Waals surface area contributed by atoms with Gasteiger partial charge in [-0.1, -0.05) is 6.07 Å². The van der Waals surface area contributed by atoms with Crippen LogP contribution in [0.25, 0.3) is 16.8 Å². The molecule has 0 aliphatic carbocycles. The minimum atomic E-state index is -0.180. The highest BCUT2D eigenvalue weighted by atomic mass is 16.5. The Kier molecular flexibility index (Phi) is 6.19. The van der Waals surface area contributed by atoms with Crippen LogP contribution in [0, 0.1) is 5.92 Å². The van der Waals surface area contributed by atoms with Gasteiger partial charge < -0.3 is 24.6 Å². The number of fused-ring (bicyclic) bond motifs is 1. The third-order valence-electron chi connectivity index (χ3n) is 6.87. The lowest BCUT2D eigenvalue weighted by molar-refractivity contribution is -0.129. The summed E-state index contributed by atoms with van der Waals surface area (Å²) in [6.45, 7) is 7.07. The summed E-state index contributed by atoms with van der Waals surface area (Å²) >= 11 is 0. The van der Waals surface area contributed by atoms with E-state index in [1.807, 2.05) is 42.3 Å². The van der Waals surface area contributed by atoms with E-state index >= 15 is 0 Å². The molecule has 2 aliphatic rings. The largest absolute Gasteiger partial charge is 0.495 e. The normalized spacial score (nSPS) is 19.1. The van der Waals surface area contributed by atoms with Gasteiger partial charge in [0.1, 0.15) is 17.4 Å². The Hall–Kier alpha value is -3.82. The van der Waals surface area contributed by atoms with Gasteiger partial charge in [0.2, 0.25) is 17.7 Å². The van der Waals surface area contributed by atoms with Crippen LogP contribution in [-0.2, 0) is 9.59 Å². The molecular weight excluding hydrogens is 448 g/mol. The molecule has 2 aliphatic heterocycles. The molecule has 2 atom stereocenters.